The van der Waals surface area contributed by atoms with Crippen LogP contribution in [0, 0.1) is 6.92 Å². The third-order valence-corrected chi connectivity index (χ3v) is 4.08. The second kappa shape index (κ2) is 6.52. The van der Waals surface area contributed by atoms with Gasteiger partial charge in [-0.2, -0.15) is 0 Å². The lowest BCUT2D eigenvalue weighted by molar-refractivity contribution is 0.505. The van der Waals surface area contributed by atoms with Crippen LogP contribution in [0.1, 0.15) is 30.0 Å². The molecule has 0 saturated carbocycles. The van der Waals surface area contributed by atoms with Gasteiger partial charge in [-0.1, -0.05) is 17.7 Å². The van der Waals surface area contributed by atoms with Gasteiger partial charge in [0.25, 0.3) is 0 Å². The summed E-state index contributed by atoms with van der Waals surface area (Å²) in [5.74, 6) is 5.71. The predicted octanol–water partition coefficient (Wildman–Crippen LogP) is 1.98. The lowest BCUT2D eigenvalue weighted by Gasteiger charge is -2.18. The van der Waals surface area contributed by atoms with E-state index < -0.39 is 9.84 Å². The molecular formula is C12H19ClN2O2S. The Morgan fingerprint density at radius 3 is 2.61 bits per heavy atom. The van der Waals surface area contributed by atoms with Crippen molar-refractivity contribution in [3.05, 3.63) is 34.3 Å². The Bertz CT molecular complexity index is 503. The SMILES string of the molecule is Cc1cc(Cl)ccc1C(CCCS(C)(=O)=O)NN. The number of sulfone groups is 1. The molecule has 1 unspecified atom stereocenters. The quantitative estimate of drug-likeness (QED) is 0.621. The molecule has 0 spiro atoms. The van der Waals surface area contributed by atoms with Gasteiger partial charge in [-0.15, -0.1) is 0 Å². The summed E-state index contributed by atoms with van der Waals surface area (Å²) >= 11 is 5.90. The van der Waals surface area contributed by atoms with E-state index in [0.29, 0.717) is 17.9 Å². The first-order valence-corrected chi connectivity index (χ1v) is 8.17. The molecule has 6 heteroatoms. The fourth-order valence-corrected chi connectivity index (χ4v) is 2.83. The minimum atomic E-state index is -2.92. The van der Waals surface area contributed by atoms with Crippen LogP contribution in [0.4, 0.5) is 0 Å². The average molecular weight is 291 g/mol. The minimum Gasteiger partial charge on any atom is -0.271 e. The summed E-state index contributed by atoms with van der Waals surface area (Å²) in [4.78, 5) is 0. The monoisotopic (exact) mass is 290 g/mol. The summed E-state index contributed by atoms with van der Waals surface area (Å²) in [5.41, 5.74) is 4.82. The van der Waals surface area contributed by atoms with Crippen LogP contribution in [0.3, 0.4) is 0 Å². The van der Waals surface area contributed by atoms with Crippen molar-refractivity contribution in [2.45, 2.75) is 25.8 Å². The normalized spacial score (nSPS) is 13.6. The minimum absolute atomic E-state index is 0.0518. The Balaban J connectivity index is 2.71. The number of rotatable bonds is 6. The maximum Gasteiger partial charge on any atom is 0.147 e. The highest BCUT2D eigenvalue weighted by Gasteiger charge is 2.13. The summed E-state index contributed by atoms with van der Waals surface area (Å²) in [5, 5.41) is 0.683. The largest absolute Gasteiger partial charge is 0.271 e. The summed E-state index contributed by atoms with van der Waals surface area (Å²) in [6.07, 6.45) is 2.49. The number of benzene rings is 1. The van der Waals surface area contributed by atoms with Crippen LogP contribution in [-0.2, 0) is 9.84 Å². The van der Waals surface area contributed by atoms with E-state index in [1.165, 1.54) is 6.26 Å². The molecule has 0 fully saturated rings. The van der Waals surface area contributed by atoms with E-state index >= 15 is 0 Å². The van der Waals surface area contributed by atoms with E-state index in [1.54, 1.807) is 0 Å². The molecule has 0 saturated heterocycles. The van der Waals surface area contributed by atoms with Crippen LogP contribution in [0.15, 0.2) is 18.2 Å². The Hall–Kier alpha value is -0.620. The number of aryl methyl sites for hydroxylation is 1. The van der Waals surface area contributed by atoms with Gasteiger partial charge in [-0.3, -0.25) is 11.3 Å². The summed E-state index contributed by atoms with van der Waals surface area (Å²) in [7, 11) is -2.92. The van der Waals surface area contributed by atoms with Crippen molar-refractivity contribution in [3.63, 3.8) is 0 Å². The number of nitrogens with two attached hydrogens (primary N) is 1. The highest BCUT2D eigenvalue weighted by Crippen LogP contribution is 2.24. The Kier molecular flexibility index (Phi) is 5.59. The molecule has 1 rings (SSSR count). The smallest absolute Gasteiger partial charge is 0.147 e. The lowest BCUT2D eigenvalue weighted by Crippen LogP contribution is -2.29. The van der Waals surface area contributed by atoms with Gasteiger partial charge in [0.2, 0.25) is 0 Å². The Morgan fingerprint density at radius 1 is 1.44 bits per heavy atom. The van der Waals surface area contributed by atoms with Crippen LogP contribution in [0.25, 0.3) is 0 Å². The fourth-order valence-electron chi connectivity index (χ4n) is 1.91. The maximum atomic E-state index is 11.1. The molecule has 0 heterocycles. The topological polar surface area (TPSA) is 72.2 Å². The van der Waals surface area contributed by atoms with Crippen molar-refractivity contribution >= 4 is 21.4 Å². The first-order valence-electron chi connectivity index (χ1n) is 5.73. The third-order valence-electron chi connectivity index (χ3n) is 2.82. The predicted molar refractivity (Wildman–Crippen MR) is 75.2 cm³/mol. The highest BCUT2D eigenvalue weighted by molar-refractivity contribution is 7.90. The van der Waals surface area contributed by atoms with Gasteiger partial charge in [0, 0.05) is 23.1 Å². The molecule has 102 valence electrons. The molecule has 18 heavy (non-hydrogen) atoms. The molecule has 3 N–H and O–H groups in total. The van der Waals surface area contributed by atoms with Crippen LogP contribution in [0.2, 0.25) is 5.02 Å². The lowest BCUT2D eigenvalue weighted by atomic mass is 9.98. The van der Waals surface area contributed by atoms with Crippen LogP contribution >= 0.6 is 11.6 Å². The summed E-state index contributed by atoms with van der Waals surface area (Å²) < 4.78 is 22.2. The molecule has 0 radical (unpaired) electrons. The maximum absolute atomic E-state index is 11.1. The molecule has 1 aromatic rings. The van der Waals surface area contributed by atoms with Gasteiger partial charge < -0.3 is 0 Å². The first kappa shape index (κ1) is 15.4. The Labute approximate surface area is 113 Å². The highest BCUT2D eigenvalue weighted by atomic mass is 35.5. The van der Waals surface area contributed by atoms with Crippen LogP contribution < -0.4 is 11.3 Å². The second-order valence-electron chi connectivity index (χ2n) is 4.49. The number of nitrogens with one attached hydrogen (secondary N) is 1. The van der Waals surface area contributed by atoms with Gasteiger partial charge in [0.15, 0.2) is 0 Å². The van der Waals surface area contributed by atoms with Crippen molar-refractivity contribution in [2.24, 2.45) is 5.84 Å². The number of halogens is 1. The van der Waals surface area contributed by atoms with Crippen LogP contribution in [-0.4, -0.2) is 20.4 Å². The third kappa shape index (κ3) is 4.94. The van der Waals surface area contributed by atoms with Gasteiger partial charge >= 0.3 is 0 Å². The zero-order valence-corrected chi connectivity index (χ0v) is 12.2. The standard InChI is InChI=1S/C12H19ClN2O2S/c1-9-8-10(13)5-6-11(9)12(15-14)4-3-7-18(2,16)17/h5-6,8,12,15H,3-4,7,14H2,1-2H3. The zero-order chi connectivity index (χ0) is 13.8. The van der Waals surface area contributed by atoms with E-state index in [1.807, 2.05) is 25.1 Å². The van der Waals surface area contributed by atoms with Crippen molar-refractivity contribution in [3.8, 4) is 0 Å². The van der Waals surface area contributed by atoms with E-state index in [0.717, 1.165) is 11.1 Å². The number of hydrazine groups is 1. The van der Waals surface area contributed by atoms with Gasteiger partial charge in [-0.25, -0.2) is 8.42 Å². The van der Waals surface area contributed by atoms with E-state index in [-0.39, 0.29) is 11.8 Å². The number of hydrogen-bond acceptors (Lipinski definition) is 4. The van der Waals surface area contributed by atoms with Crippen molar-refractivity contribution in [2.75, 3.05) is 12.0 Å². The van der Waals surface area contributed by atoms with Gasteiger partial charge in [0.1, 0.15) is 9.84 Å². The molecule has 4 nitrogen and oxygen atoms in total. The van der Waals surface area contributed by atoms with Crippen molar-refractivity contribution in [1.29, 1.82) is 0 Å². The molecule has 0 amide bonds. The molecule has 0 aliphatic carbocycles. The van der Waals surface area contributed by atoms with Gasteiger partial charge in [-0.05, 0) is 43.0 Å². The molecular weight excluding hydrogens is 272 g/mol. The van der Waals surface area contributed by atoms with Gasteiger partial charge in [0.05, 0.1) is 0 Å². The fraction of sp³-hybridized carbons (Fsp3) is 0.500. The summed E-state index contributed by atoms with van der Waals surface area (Å²) in [6.45, 7) is 1.96. The van der Waals surface area contributed by atoms with Crippen molar-refractivity contribution < 1.29 is 8.42 Å². The second-order valence-corrected chi connectivity index (χ2v) is 7.19. The zero-order valence-electron chi connectivity index (χ0n) is 10.6. The van der Waals surface area contributed by atoms with E-state index in [9.17, 15) is 8.42 Å². The first-order chi connectivity index (χ1) is 8.33. The van der Waals surface area contributed by atoms with Crippen LogP contribution in [0.5, 0.6) is 0 Å². The average Bonchev–Trinajstić information content (AvgIpc) is 2.24. The Morgan fingerprint density at radius 2 is 2.11 bits per heavy atom. The molecule has 1 atom stereocenters. The molecule has 0 bridgehead atoms. The molecule has 0 aliphatic heterocycles. The molecule has 1 aromatic carbocycles. The summed E-state index contributed by atoms with van der Waals surface area (Å²) in [6, 6.07) is 5.55. The van der Waals surface area contributed by atoms with E-state index in [4.69, 9.17) is 17.4 Å². The van der Waals surface area contributed by atoms with Crippen molar-refractivity contribution in [1.82, 2.24) is 5.43 Å². The van der Waals surface area contributed by atoms with E-state index in [2.05, 4.69) is 5.43 Å². The molecule has 0 aromatic heterocycles. The molecule has 0 aliphatic rings. The number of hydrogen-bond donors (Lipinski definition) is 2.